The summed E-state index contributed by atoms with van der Waals surface area (Å²) < 4.78 is 25.6. The zero-order chi connectivity index (χ0) is 17.3. The number of ether oxygens (including phenoxy) is 1. The van der Waals surface area contributed by atoms with Crippen molar-refractivity contribution in [3.63, 3.8) is 0 Å². The fourth-order valence-electron chi connectivity index (χ4n) is 1.85. The molecule has 7 nitrogen and oxygen atoms in total. The lowest BCUT2D eigenvalue weighted by Gasteiger charge is -2.17. The number of ketones is 1. The number of hydrogen-bond donors (Lipinski definition) is 2. The number of carbonyl (C=O) groups is 1. The Balaban J connectivity index is 2.53. The van der Waals surface area contributed by atoms with Gasteiger partial charge in [0.2, 0.25) is 0 Å². The van der Waals surface area contributed by atoms with Gasteiger partial charge in [-0.2, -0.15) is 0 Å². The van der Waals surface area contributed by atoms with Crippen molar-refractivity contribution in [2.45, 2.75) is 32.5 Å². The van der Waals surface area contributed by atoms with Gasteiger partial charge in [0, 0.05) is 25.7 Å². The molecule has 0 amide bonds. The van der Waals surface area contributed by atoms with Gasteiger partial charge in [0.1, 0.15) is 0 Å². The van der Waals surface area contributed by atoms with Crippen LogP contribution in [0.3, 0.4) is 0 Å². The third-order valence-corrected chi connectivity index (χ3v) is 4.18. The minimum atomic E-state index is -4.18. The molecule has 2 N–H and O–H groups in total. The van der Waals surface area contributed by atoms with E-state index in [9.17, 15) is 14.3 Å². The average molecular weight is 346 g/mol. The van der Waals surface area contributed by atoms with E-state index in [0.717, 1.165) is 12.7 Å². The molecule has 1 rings (SSSR count). The molecule has 1 aromatic carbocycles. The second-order valence-corrected chi connectivity index (χ2v) is 6.37. The first-order chi connectivity index (χ1) is 10.9. The summed E-state index contributed by atoms with van der Waals surface area (Å²) in [6.45, 7) is 2.55. The van der Waals surface area contributed by atoms with Gasteiger partial charge in [-0.1, -0.05) is 24.3 Å². The van der Waals surface area contributed by atoms with Crippen LogP contribution in [0.1, 0.15) is 35.7 Å². The van der Waals surface area contributed by atoms with E-state index in [1.807, 2.05) is 19.1 Å². The summed E-state index contributed by atoms with van der Waals surface area (Å²) in [4.78, 5) is 21.3. The molecule has 0 radical (unpaired) electrons. The van der Waals surface area contributed by atoms with Gasteiger partial charge in [-0.3, -0.25) is 13.8 Å². The largest absolute Gasteiger partial charge is 0.472 e. The van der Waals surface area contributed by atoms with Crippen molar-refractivity contribution in [1.82, 2.24) is 0 Å². The smallest absolute Gasteiger partial charge is 0.394 e. The summed E-state index contributed by atoms with van der Waals surface area (Å²) in [6.07, 6.45) is -0.740. The van der Waals surface area contributed by atoms with Gasteiger partial charge in [-0.25, -0.2) is 4.57 Å². The molecule has 8 heteroatoms. The van der Waals surface area contributed by atoms with Crippen LogP contribution in [0.2, 0.25) is 0 Å². The molecular formula is C15H23O7P. The van der Waals surface area contributed by atoms with Crippen LogP contribution in [0.15, 0.2) is 24.3 Å². The third-order valence-electron chi connectivity index (χ3n) is 3.16. The van der Waals surface area contributed by atoms with Crippen LogP contribution in [0, 0.1) is 0 Å². The van der Waals surface area contributed by atoms with E-state index >= 15 is 0 Å². The Labute approximate surface area is 135 Å². The topological polar surface area (TPSA) is 102 Å². The molecule has 0 fully saturated rings. The fourth-order valence-corrected chi connectivity index (χ4v) is 2.49. The summed E-state index contributed by atoms with van der Waals surface area (Å²) in [7, 11) is -3.15. The van der Waals surface area contributed by atoms with E-state index in [4.69, 9.17) is 14.4 Å². The third kappa shape index (κ3) is 7.35. The lowest BCUT2D eigenvalue weighted by Crippen LogP contribution is -2.18. The van der Waals surface area contributed by atoms with Crippen molar-refractivity contribution in [2.75, 3.05) is 20.3 Å². The summed E-state index contributed by atoms with van der Waals surface area (Å²) in [5.41, 5.74) is 1.50. The number of aliphatic hydroxyl groups excluding tert-OH is 1. The average Bonchev–Trinajstić information content (AvgIpc) is 2.56. The number of carbonyl (C=O) groups excluding carboxylic acids is 1. The summed E-state index contributed by atoms with van der Waals surface area (Å²) in [6, 6.07) is 7.04. The molecule has 2 unspecified atom stereocenters. The molecule has 0 aliphatic carbocycles. The van der Waals surface area contributed by atoms with Gasteiger partial charge in [-0.05, 0) is 18.9 Å². The minimum absolute atomic E-state index is 0.0831. The minimum Gasteiger partial charge on any atom is -0.394 e. The zero-order valence-corrected chi connectivity index (χ0v) is 14.2. The molecule has 0 spiro atoms. The molecule has 130 valence electrons. The first-order valence-corrected chi connectivity index (χ1v) is 8.79. The second kappa shape index (κ2) is 9.93. The van der Waals surface area contributed by atoms with Crippen LogP contribution in [0.5, 0.6) is 0 Å². The molecule has 0 aliphatic rings. The normalized spacial score (nSPS) is 15.1. The van der Waals surface area contributed by atoms with E-state index in [0.29, 0.717) is 18.8 Å². The Kier molecular flexibility index (Phi) is 8.62. The molecule has 0 aromatic heterocycles. The van der Waals surface area contributed by atoms with Gasteiger partial charge in [0.25, 0.3) is 0 Å². The SMILES string of the molecule is CCOCc1ccc(C(=O)CCC(CO)OP(=O)(O)OC)cc1. The van der Waals surface area contributed by atoms with Crippen molar-refractivity contribution >= 4 is 13.6 Å². The standard InChI is InChI=1S/C15H23O7P/c1-3-21-11-12-4-6-13(7-5-12)15(17)9-8-14(10-16)22-23(18,19)20-2/h4-7,14,16H,3,8-11H2,1-2H3,(H,18,19). The predicted octanol–water partition coefficient (Wildman–Crippen LogP) is 2.31. The molecule has 23 heavy (non-hydrogen) atoms. The molecule has 0 saturated heterocycles. The van der Waals surface area contributed by atoms with Crippen LogP contribution in [-0.4, -0.2) is 42.2 Å². The van der Waals surface area contributed by atoms with E-state index in [1.54, 1.807) is 12.1 Å². The van der Waals surface area contributed by atoms with E-state index in [2.05, 4.69) is 4.52 Å². The van der Waals surface area contributed by atoms with Crippen molar-refractivity contribution in [3.05, 3.63) is 35.4 Å². The van der Waals surface area contributed by atoms with Gasteiger partial charge in [-0.15, -0.1) is 0 Å². The van der Waals surface area contributed by atoms with Crippen molar-refractivity contribution in [2.24, 2.45) is 0 Å². The van der Waals surface area contributed by atoms with Crippen molar-refractivity contribution in [1.29, 1.82) is 0 Å². The number of hydrogen-bond acceptors (Lipinski definition) is 6. The number of phosphoric ester groups is 1. The fraction of sp³-hybridized carbons (Fsp3) is 0.533. The van der Waals surface area contributed by atoms with Crippen LogP contribution in [-0.2, 0) is 25.0 Å². The number of aliphatic hydroxyl groups is 1. The van der Waals surface area contributed by atoms with Crippen molar-refractivity contribution < 1.29 is 33.1 Å². The predicted molar refractivity (Wildman–Crippen MR) is 84.1 cm³/mol. The van der Waals surface area contributed by atoms with Gasteiger partial charge >= 0.3 is 7.82 Å². The molecule has 0 bridgehead atoms. The van der Waals surface area contributed by atoms with E-state index in [1.165, 1.54) is 0 Å². The van der Waals surface area contributed by atoms with Gasteiger partial charge in [0.05, 0.1) is 19.3 Å². The number of rotatable bonds is 11. The summed E-state index contributed by atoms with van der Waals surface area (Å²) >= 11 is 0. The molecule has 2 atom stereocenters. The Morgan fingerprint density at radius 3 is 2.48 bits per heavy atom. The van der Waals surface area contributed by atoms with Gasteiger partial charge in [0.15, 0.2) is 5.78 Å². The van der Waals surface area contributed by atoms with Crippen LogP contribution < -0.4 is 0 Å². The first-order valence-electron chi connectivity index (χ1n) is 7.29. The van der Waals surface area contributed by atoms with Crippen molar-refractivity contribution in [3.8, 4) is 0 Å². The highest BCUT2D eigenvalue weighted by Crippen LogP contribution is 2.43. The van der Waals surface area contributed by atoms with Crippen LogP contribution in [0.4, 0.5) is 0 Å². The number of phosphoric acid groups is 1. The van der Waals surface area contributed by atoms with Gasteiger partial charge < -0.3 is 14.7 Å². The highest BCUT2D eigenvalue weighted by atomic mass is 31.2. The molecule has 0 aliphatic heterocycles. The summed E-state index contributed by atoms with van der Waals surface area (Å²) in [5.74, 6) is -0.139. The lowest BCUT2D eigenvalue weighted by molar-refractivity contribution is 0.0632. The number of benzene rings is 1. The molecule has 0 heterocycles. The number of Topliss-reactive ketones (excluding diaryl/α,β-unsaturated/α-hetero) is 1. The summed E-state index contributed by atoms with van der Waals surface area (Å²) in [5, 5.41) is 9.15. The highest BCUT2D eigenvalue weighted by Gasteiger charge is 2.25. The maximum absolute atomic E-state index is 12.1. The maximum Gasteiger partial charge on any atom is 0.472 e. The second-order valence-electron chi connectivity index (χ2n) is 4.86. The van der Waals surface area contributed by atoms with E-state index in [-0.39, 0.29) is 18.6 Å². The Morgan fingerprint density at radius 1 is 1.30 bits per heavy atom. The van der Waals surface area contributed by atoms with E-state index < -0.39 is 20.5 Å². The quantitative estimate of drug-likeness (QED) is 0.468. The lowest BCUT2D eigenvalue weighted by atomic mass is 10.0. The maximum atomic E-state index is 12.1. The monoisotopic (exact) mass is 346 g/mol. The van der Waals surface area contributed by atoms with Crippen LogP contribution in [0.25, 0.3) is 0 Å². The highest BCUT2D eigenvalue weighted by molar-refractivity contribution is 7.47. The molecule has 1 aromatic rings. The Morgan fingerprint density at radius 2 is 1.96 bits per heavy atom. The van der Waals surface area contributed by atoms with Crippen LogP contribution >= 0.6 is 7.82 Å². The molecular weight excluding hydrogens is 323 g/mol. The Bertz CT molecular complexity index is 529. The Hall–Kier alpha value is -1.08. The molecule has 0 saturated carbocycles. The first kappa shape index (κ1) is 20.0. The zero-order valence-electron chi connectivity index (χ0n) is 13.3.